The third-order valence-electron chi connectivity index (χ3n) is 5.64. The highest BCUT2D eigenvalue weighted by molar-refractivity contribution is 9.11. The first-order valence-corrected chi connectivity index (χ1v) is 13.0. The van der Waals surface area contributed by atoms with Crippen molar-refractivity contribution < 1.29 is 23.6 Å². The summed E-state index contributed by atoms with van der Waals surface area (Å²) in [5, 5.41) is 5.38. The van der Waals surface area contributed by atoms with Crippen LogP contribution in [0.4, 0.5) is 4.39 Å². The third kappa shape index (κ3) is 8.27. The van der Waals surface area contributed by atoms with Gasteiger partial charge in [0.25, 0.3) is 5.91 Å². The van der Waals surface area contributed by atoms with Crippen molar-refractivity contribution in [3.05, 3.63) is 20.8 Å². The Morgan fingerprint density at radius 3 is 2.54 bits per heavy atom. The van der Waals surface area contributed by atoms with E-state index in [4.69, 9.17) is 11.5 Å². The molecule has 0 spiro atoms. The normalized spacial score (nSPS) is 17.1. The summed E-state index contributed by atoms with van der Waals surface area (Å²) in [5.74, 6) is -2.35. The lowest BCUT2D eigenvalue weighted by molar-refractivity contribution is -0.141. The SMILES string of the molecule is CC(C)[C@H](NC(=O)c1ccc(Br)s1)C(=O)N1CCC[C@H]1C(=O)N[C@@H](CCCN=C(N)N)C(=O)CF. The van der Waals surface area contributed by atoms with E-state index in [1.54, 1.807) is 12.1 Å². The maximum absolute atomic E-state index is 13.4. The molecule has 2 rings (SSSR count). The topological polar surface area (TPSA) is 160 Å². The highest BCUT2D eigenvalue weighted by Crippen LogP contribution is 2.24. The largest absolute Gasteiger partial charge is 0.370 e. The van der Waals surface area contributed by atoms with Crippen molar-refractivity contribution in [3.8, 4) is 0 Å². The van der Waals surface area contributed by atoms with Crippen LogP contribution < -0.4 is 22.1 Å². The number of aliphatic imine (C=N–C) groups is 1. The Balaban J connectivity index is 2.08. The molecule has 13 heteroatoms. The number of hydrogen-bond acceptors (Lipinski definition) is 6. The molecular formula is C22H32BrFN6O4S. The molecule has 0 aromatic carbocycles. The smallest absolute Gasteiger partial charge is 0.262 e. The van der Waals surface area contributed by atoms with Crippen molar-refractivity contribution in [3.63, 3.8) is 0 Å². The average Bonchev–Trinajstić information content (AvgIpc) is 3.47. The fourth-order valence-electron chi connectivity index (χ4n) is 3.82. The van der Waals surface area contributed by atoms with Crippen LogP contribution in [0.3, 0.4) is 0 Å². The lowest BCUT2D eigenvalue weighted by atomic mass is 10.0. The number of rotatable bonds is 12. The van der Waals surface area contributed by atoms with Crippen molar-refractivity contribution in [1.82, 2.24) is 15.5 Å². The number of carbonyl (C=O) groups excluding carboxylic acids is 4. The van der Waals surface area contributed by atoms with E-state index in [-0.39, 0.29) is 36.7 Å². The minimum atomic E-state index is -1.22. The molecule has 2 heterocycles. The molecule has 1 aliphatic heterocycles. The summed E-state index contributed by atoms with van der Waals surface area (Å²) in [4.78, 5) is 56.8. The molecule has 0 saturated carbocycles. The van der Waals surface area contributed by atoms with Gasteiger partial charge in [0.05, 0.1) is 14.7 Å². The Labute approximate surface area is 216 Å². The zero-order valence-corrected chi connectivity index (χ0v) is 22.2. The van der Waals surface area contributed by atoms with Gasteiger partial charge < -0.3 is 27.0 Å². The second-order valence-electron chi connectivity index (χ2n) is 8.60. The molecule has 1 fully saturated rings. The van der Waals surface area contributed by atoms with Crippen LogP contribution in [0.15, 0.2) is 20.9 Å². The Bertz CT molecular complexity index is 952. The first-order chi connectivity index (χ1) is 16.5. The molecule has 1 aromatic rings. The van der Waals surface area contributed by atoms with Crippen LogP contribution in [0.1, 0.15) is 49.2 Å². The van der Waals surface area contributed by atoms with E-state index >= 15 is 0 Å². The average molecular weight is 576 g/mol. The van der Waals surface area contributed by atoms with Gasteiger partial charge in [0.15, 0.2) is 11.7 Å². The standard InChI is InChI=1S/C22H32BrFN6O4S/c1-12(2)18(29-20(33)16-7-8-17(23)35-16)21(34)30-10-4-6-14(30)19(32)28-13(15(31)11-24)5-3-9-27-22(25)26/h7-8,12-14,18H,3-6,9-11H2,1-2H3,(H,28,32)(H,29,33)(H4,25,26,27)/t13-,14-,18-/m0/s1. The monoisotopic (exact) mass is 574 g/mol. The molecule has 1 aromatic heterocycles. The fraction of sp³-hybridized carbons (Fsp3) is 0.591. The summed E-state index contributed by atoms with van der Waals surface area (Å²) < 4.78 is 13.9. The van der Waals surface area contributed by atoms with Crippen LogP contribution in [0.25, 0.3) is 0 Å². The first-order valence-electron chi connectivity index (χ1n) is 11.4. The van der Waals surface area contributed by atoms with Gasteiger partial charge in [-0.25, -0.2) is 4.39 Å². The summed E-state index contributed by atoms with van der Waals surface area (Å²) in [6, 6.07) is 0.715. The summed E-state index contributed by atoms with van der Waals surface area (Å²) >= 11 is 4.57. The Morgan fingerprint density at radius 2 is 1.97 bits per heavy atom. The van der Waals surface area contributed by atoms with E-state index in [2.05, 4.69) is 31.6 Å². The molecule has 0 bridgehead atoms. The zero-order chi connectivity index (χ0) is 26.1. The van der Waals surface area contributed by atoms with E-state index in [9.17, 15) is 23.6 Å². The Morgan fingerprint density at radius 1 is 1.26 bits per heavy atom. The lowest BCUT2D eigenvalue weighted by Crippen LogP contribution is -2.56. The minimum absolute atomic E-state index is 0.0963. The number of Topliss-reactive ketones (excluding diaryl/α,β-unsaturated/α-hetero) is 1. The minimum Gasteiger partial charge on any atom is -0.370 e. The van der Waals surface area contributed by atoms with Gasteiger partial charge in [-0.1, -0.05) is 13.8 Å². The number of ketones is 1. The number of halogens is 2. The van der Waals surface area contributed by atoms with Gasteiger partial charge in [-0.2, -0.15) is 0 Å². The molecule has 1 saturated heterocycles. The molecule has 0 aliphatic carbocycles. The Kier molecular flexibility index (Phi) is 11.1. The lowest BCUT2D eigenvalue weighted by Gasteiger charge is -2.31. The number of likely N-dealkylation sites (tertiary alicyclic amines) is 1. The molecule has 6 N–H and O–H groups in total. The number of carbonyl (C=O) groups is 4. The van der Waals surface area contributed by atoms with Crippen LogP contribution in [-0.4, -0.2) is 72.3 Å². The number of nitrogens with two attached hydrogens (primary N) is 2. The Hall–Kier alpha value is -2.54. The summed E-state index contributed by atoms with van der Waals surface area (Å²) in [5.41, 5.74) is 10.6. The van der Waals surface area contributed by atoms with E-state index in [0.717, 1.165) is 3.79 Å². The van der Waals surface area contributed by atoms with Gasteiger partial charge in [0.2, 0.25) is 11.8 Å². The molecule has 10 nitrogen and oxygen atoms in total. The predicted octanol–water partition coefficient (Wildman–Crippen LogP) is 1.33. The zero-order valence-electron chi connectivity index (χ0n) is 19.8. The molecular weight excluding hydrogens is 543 g/mol. The highest BCUT2D eigenvalue weighted by Gasteiger charge is 2.39. The number of amides is 3. The van der Waals surface area contributed by atoms with Crippen LogP contribution in [0.2, 0.25) is 0 Å². The molecule has 3 amide bonds. The number of alkyl halides is 1. The molecule has 194 valence electrons. The van der Waals surface area contributed by atoms with Crippen molar-refractivity contribution in [2.75, 3.05) is 19.8 Å². The first kappa shape index (κ1) is 28.7. The number of nitrogens with zero attached hydrogens (tertiary/aromatic N) is 2. The number of guanidine groups is 1. The number of hydrogen-bond donors (Lipinski definition) is 4. The van der Waals surface area contributed by atoms with E-state index in [0.29, 0.717) is 30.7 Å². The van der Waals surface area contributed by atoms with Crippen molar-refractivity contribution in [1.29, 1.82) is 0 Å². The summed E-state index contributed by atoms with van der Waals surface area (Å²) in [6.07, 6.45) is 1.51. The fourth-order valence-corrected chi connectivity index (χ4v) is 5.11. The van der Waals surface area contributed by atoms with Gasteiger partial charge in [0, 0.05) is 13.1 Å². The van der Waals surface area contributed by atoms with Crippen molar-refractivity contribution >= 4 is 56.7 Å². The maximum Gasteiger partial charge on any atom is 0.262 e. The molecule has 35 heavy (non-hydrogen) atoms. The summed E-state index contributed by atoms with van der Waals surface area (Å²) in [7, 11) is 0. The number of thiophene rings is 1. The van der Waals surface area contributed by atoms with Crippen molar-refractivity contribution in [2.45, 2.75) is 57.7 Å². The quantitative estimate of drug-likeness (QED) is 0.167. The predicted molar refractivity (Wildman–Crippen MR) is 136 cm³/mol. The van der Waals surface area contributed by atoms with Gasteiger partial charge in [-0.05, 0) is 59.7 Å². The van der Waals surface area contributed by atoms with Crippen LogP contribution in [0.5, 0.6) is 0 Å². The number of nitrogens with one attached hydrogen (secondary N) is 2. The van der Waals surface area contributed by atoms with E-state index in [1.807, 2.05) is 13.8 Å². The second-order valence-corrected chi connectivity index (χ2v) is 11.1. The van der Waals surface area contributed by atoms with Crippen LogP contribution in [0, 0.1) is 5.92 Å². The second kappa shape index (κ2) is 13.5. The van der Waals surface area contributed by atoms with Gasteiger partial charge in [0.1, 0.15) is 18.8 Å². The molecule has 0 unspecified atom stereocenters. The third-order valence-corrected chi connectivity index (χ3v) is 7.26. The van der Waals surface area contributed by atoms with E-state index < -0.39 is 36.5 Å². The molecule has 1 aliphatic rings. The van der Waals surface area contributed by atoms with Gasteiger partial charge in [-0.15, -0.1) is 11.3 Å². The van der Waals surface area contributed by atoms with Gasteiger partial charge in [-0.3, -0.25) is 24.2 Å². The molecule has 3 atom stereocenters. The van der Waals surface area contributed by atoms with Crippen LogP contribution in [-0.2, 0) is 14.4 Å². The maximum atomic E-state index is 13.4. The highest BCUT2D eigenvalue weighted by atomic mass is 79.9. The summed E-state index contributed by atoms with van der Waals surface area (Å²) in [6.45, 7) is 2.97. The van der Waals surface area contributed by atoms with Gasteiger partial charge >= 0.3 is 0 Å². The van der Waals surface area contributed by atoms with Crippen LogP contribution >= 0.6 is 27.3 Å². The van der Waals surface area contributed by atoms with E-state index in [1.165, 1.54) is 16.2 Å². The van der Waals surface area contributed by atoms with Crippen molar-refractivity contribution in [2.24, 2.45) is 22.4 Å². The molecule has 0 radical (unpaired) electrons.